The van der Waals surface area contributed by atoms with E-state index in [9.17, 15) is 13.2 Å². The van der Waals surface area contributed by atoms with Crippen molar-refractivity contribution in [3.63, 3.8) is 0 Å². The summed E-state index contributed by atoms with van der Waals surface area (Å²) in [6.45, 7) is 2.18. The number of alkyl halides is 3. The van der Waals surface area contributed by atoms with Crippen LogP contribution in [-0.2, 0) is 6.18 Å². The van der Waals surface area contributed by atoms with Crippen molar-refractivity contribution in [2.24, 2.45) is 5.41 Å². The van der Waals surface area contributed by atoms with Crippen LogP contribution in [0.1, 0.15) is 31.2 Å². The van der Waals surface area contributed by atoms with Gasteiger partial charge in [-0.2, -0.15) is 13.2 Å². The van der Waals surface area contributed by atoms with Crippen molar-refractivity contribution >= 4 is 11.5 Å². The number of nitrogens with zero attached hydrogens (tertiary/aromatic N) is 3. The fourth-order valence-corrected chi connectivity index (χ4v) is 4.66. The molecule has 1 saturated heterocycles. The van der Waals surface area contributed by atoms with Crippen LogP contribution in [0.5, 0.6) is 0 Å². The third-order valence-electron chi connectivity index (χ3n) is 6.22. The number of hydrogen-bond acceptors (Lipinski definition) is 4. The fourth-order valence-electron chi connectivity index (χ4n) is 4.66. The second kappa shape index (κ2) is 6.73. The minimum atomic E-state index is -4.38. The van der Waals surface area contributed by atoms with E-state index >= 15 is 0 Å². The number of piperidine rings is 1. The molecule has 1 aliphatic carbocycles. The highest BCUT2D eigenvalue weighted by molar-refractivity contribution is 5.64. The summed E-state index contributed by atoms with van der Waals surface area (Å²) in [7, 11) is 0. The van der Waals surface area contributed by atoms with Gasteiger partial charge in [-0.15, -0.1) is 5.10 Å². The van der Waals surface area contributed by atoms with E-state index in [2.05, 4.69) is 20.7 Å². The lowest BCUT2D eigenvalue weighted by atomic mass is 9.60. The number of imidazole rings is 1. The minimum absolute atomic E-state index is 0.388. The lowest BCUT2D eigenvalue weighted by Crippen LogP contribution is -2.50. The number of nitrogens with one attached hydrogen (secondary N) is 2. The Bertz CT molecular complexity index is 1030. The van der Waals surface area contributed by atoms with Gasteiger partial charge < -0.3 is 10.6 Å². The Morgan fingerprint density at radius 3 is 2.66 bits per heavy atom. The number of aromatic nitrogens is 3. The molecule has 29 heavy (non-hydrogen) atoms. The molecule has 0 radical (unpaired) electrons. The van der Waals surface area contributed by atoms with E-state index in [-0.39, 0.29) is 0 Å². The van der Waals surface area contributed by atoms with Gasteiger partial charge in [-0.3, -0.25) is 0 Å². The molecule has 2 aromatic heterocycles. The number of anilines is 1. The third-order valence-corrected chi connectivity index (χ3v) is 6.22. The SMILES string of the molecule is FC(F)(F)c1cccc(-c2cnc3ccc(NC4CC5(CCNCC5)C4)nn23)c1. The summed E-state index contributed by atoms with van der Waals surface area (Å²) in [5.74, 6) is 0.720. The van der Waals surface area contributed by atoms with Crippen molar-refractivity contribution in [1.29, 1.82) is 0 Å². The van der Waals surface area contributed by atoms with E-state index in [0.29, 0.717) is 28.4 Å². The highest BCUT2D eigenvalue weighted by Crippen LogP contribution is 2.48. The molecule has 8 heteroatoms. The molecule has 0 unspecified atom stereocenters. The molecule has 1 saturated carbocycles. The van der Waals surface area contributed by atoms with Gasteiger partial charge in [-0.05, 0) is 68.5 Å². The van der Waals surface area contributed by atoms with Gasteiger partial charge in [-0.1, -0.05) is 12.1 Å². The van der Waals surface area contributed by atoms with Crippen LogP contribution in [0, 0.1) is 5.41 Å². The Hall–Kier alpha value is -2.61. The van der Waals surface area contributed by atoms with Gasteiger partial charge >= 0.3 is 6.18 Å². The molecule has 1 aromatic carbocycles. The van der Waals surface area contributed by atoms with Gasteiger partial charge in [0.1, 0.15) is 5.82 Å². The summed E-state index contributed by atoms with van der Waals surface area (Å²) in [6.07, 6.45) is 1.90. The maximum Gasteiger partial charge on any atom is 0.416 e. The van der Waals surface area contributed by atoms with E-state index in [1.165, 1.54) is 18.9 Å². The molecule has 152 valence electrons. The Morgan fingerprint density at radius 2 is 1.90 bits per heavy atom. The average Bonchev–Trinajstić information content (AvgIpc) is 3.10. The first kappa shape index (κ1) is 18.4. The molecule has 5 rings (SSSR count). The Kier molecular flexibility index (Phi) is 4.27. The largest absolute Gasteiger partial charge is 0.416 e. The monoisotopic (exact) mass is 401 g/mol. The Balaban J connectivity index is 1.39. The lowest BCUT2D eigenvalue weighted by molar-refractivity contribution is -0.137. The molecule has 1 aliphatic heterocycles. The van der Waals surface area contributed by atoms with E-state index in [1.807, 2.05) is 12.1 Å². The van der Waals surface area contributed by atoms with E-state index in [1.54, 1.807) is 16.8 Å². The summed E-state index contributed by atoms with van der Waals surface area (Å²) in [5.41, 5.74) is 1.37. The lowest BCUT2D eigenvalue weighted by Gasteiger charge is -2.50. The van der Waals surface area contributed by atoms with E-state index in [0.717, 1.165) is 43.9 Å². The minimum Gasteiger partial charge on any atom is -0.366 e. The van der Waals surface area contributed by atoms with Crippen LogP contribution in [0.3, 0.4) is 0 Å². The smallest absolute Gasteiger partial charge is 0.366 e. The van der Waals surface area contributed by atoms with Crippen molar-refractivity contribution in [2.45, 2.75) is 37.9 Å². The van der Waals surface area contributed by atoms with Crippen LogP contribution in [0.25, 0.3) is 16.9 Å². The van der Waals surface area contributed by atoms with Crippen LogP contribution in [0.4, 0.5) is 19.0 Å². The number of rotatable bonds is 3. The van der Waals surface area contributed by atoms with Crippen molar-refractivity contribution in [1.82, 2.24) is 19.9 Å². The summed E-state index contributed by atoms with van der Waals surface area (Å²) >= 11 is 0. The number of halogens is 3. The molecular weight excluding hydrogens is 379 g/mol. The van der Waals surface area contributed by atoms with Gasteiger partial charge in [0, 0.05) is 11.6 Å². The molecule has 0 atom stereocenters. The van der Waals surface area contributed by atoms with Crippen LogP contribution in [0.15, 0.2) is 42.6 Å². The third kappa shape index (κ3) is 3.46. The van der Waals surface area contributed by atoms with Crippen molar-refractivity contribution in [2.75, 3.05) is 18.4 Å². The molecule has 0 amide bonds. The van der Waals surface area contributed by atoms with E-state index < -0.39 is 11.7 Å². The zero-order valence-corrected chi connectivity index (χ0v) is 15.8. The highest BCUT2D eigenvalue weighted by atomic mass is 19.4. The first-order valence-electron chi connectivity index (χ1n) is 9.92. The van der Waals surface area contributed by atoms with Crippen molar-refractivity contribution in [3.8, 4) is 11.3 Å². The molecule has 1 spiro atoms. The quantitative estimate of drug-likeness (QED) is 0.685. The molecule has 2 fully saturated rings. The number of fused-ring (bicyclic) bond motifs is 1. The zero-order valence-electron chi connectivity index (χ0n) is 15.8. The summed E-state index contributed by atoms with van der Waals surface area (Å²) in [4.78, 5) is 4.29. The van der Waals surface area contributed by atoms with Crippen LogP contribution < -0.4 is 10.6 Å². The second-order valence-corrected chi connectivity index (χ2v) is 8.21. The summed E-state index contributed by atoms with van der Waals surface area (Å²) in [5, 5.41) is 11.5. The fraction of sp³-hybridized carbons (Fsp3) is 0.429. The molecule has 5 nitrogen and oxygen atoms in total. The van der Waals surface area contributed by atoms with Gasteiger partial charge in [0.15, 0.2) is 5.65 Å². The molecule has 3 heterocycles. The predicted octanol–water partition coefficient (Wildman–Crippen LogP) is 4.36. The Labute approximate surface area is 166 Å². The molecule has 2 aliphatic rings. The molecule has 0 bridgehead atoms. The van der Waals surface area contributed by atoms with Gasteiger partial charge in [0.2, 0.25) is 0 Å². The maximum atomic E-state index is 13.1. The average molecular weight is 401 g/mol. The van der Waals surface area contributed by atoms with Crippen molar-refractivity contribution in [3.05, 3.63) is 48.2 Å². The first-order chi connectivity index (χ1) is 13.9. The predicted molar refractivity (Wildman–Crippen MR) is 105 cm³/mol. The summed E-state index contributed by atoms with van der Waals surface area (Å²) in [6, 6.07) is 9.37. The molecular formula is C21H22F3N5. The first-order valence-corrected chi connectivity index (χ1v) is 9.92. The topological polar surface area (TPSA) is 54.2 Å². The maximum absolute atomic E-state index is 13.1. The summed E-state index contributed by atoms with van der Waals surface area (Å²) < 4.78 is 40.8. The van der Waals surface area contributed by atoms with Gasteiger partial charge in [0.25, 0.3) is 0 Å². The Morgan fingerprint density at radius 1 is 1.10 bits per heavy atom. The van der Waals surface area contributed by atoms with E-state index in [4.69, 9.17) is 0 Å². The molecule has 2 N–H and O–H groups in total. The second-order valence-electron chi connectivity index (χ2n) is 8.21. The zero-order chi connectivity index (χ0) is 20.1. The normalized spacial score (nSPS) is 19.4. The van der Waals surface area contributed by atoms with Crippen LogP contribution in [-0.4, -0.2) is 33.7 Å². The van der Waals surface area contributed by atoms with Crippen LogP contribution in [0.2, 0.25) is 0 Å². The number of benzene rings is 1. The van der Waals surface area contributed by atoms with Gasteiger partial charge in [-0.25, -0.2) is 9.50 Å². The highest BCUT2D eigenvalue weighted by Gasteiger charge is 2.44. The standard InChI is InChI=1S/C21H22F3N5/c22-21(23,24)15-3-1-2-14(10-15)17-13-26-19-5-4-18(28-29(17)19)27-16-11-20(12-16)6-8-25-9-7-20/h1-5,10,13,16,25H,6-9,11-12H2,(H,27,28). The molecule has 3 aromatic rings. The van der Waals surface area contributed by atoms with Crippen LogP contribution >= 0.6 is 0 Å². The number of hydrogen-bond donors (Lipinski definition) is 2. The van der Waals surface area contributed by atoms with Crippen molar-refractivity contribution < 1.29 is 13.2 Å². The van der Waals surface area contributed by atoms with Gasteiger partial charge in [0.05, 0.1) is 17.5 Å².